The molecule has 3 aromatic rings. The van der Waals surface area contributed by atoms with Gasteiger partial charge in [0.15, 0.2) is 0 Å². The molecule has 0 amide bonds. The highest BCUT2D eigenvalue weighted by atomic mass is 16.5. The molecular formula is C30H35NO2. The highest BCUT2D eigenvalue weighted by Crippen LogP contribution is 2.40. The second-order valence-electron chi connectivity index (χ2n) is 8.98. The molecular weight excluding hydrogens is 406 g/mol. The molecule has 4 rings (SSSR count). The van der Waals surface area contributed by atoms with Crippen LogP contribution >= 0.6 is 0 Å². The maximum Gasteiger partial charge on any atom is 0.321 e. The van der Waals surface area contributed by atoms with Gasteiger partial charge in [0, 0.05) is 6.04 Å². The Hall–Kier alpha value is -2.91. The fourth-order valence-electron chi connectivity index (χ4n) is 5.27. The van der Waals surface area contributed by atoms with Crippen molar-refractivity contribution in [3.05, 3.63) is 108 Å². The summed E-state index contributed by atoms with van der Waals surface area (Å²) in [6.07, 6.45) is 5.19. The van der Waals surface area contributed by atoms with E-state index in [9.17, 15) is 4.79 Å². The van der Waals surface area contributed by atoms with Crippen LogP contribution in [0.3, 0.4) is 0 Å². The van der Waals surface area contributed by atoms with Gasteiger partial charge in [-0.25, -0.2) is 0 Å². The molecule has 1 aliphatic heterocycles. The molecule has 1 unspecified atom stereocenters. The first-order chi connectivity index (χ1) is 16.2. The third kappa shape index (κ3) is 5.36. The van der Waals surface area contributed by atoms with Crippen LogP contribution in [0.2, 0.25) is 0 Å². The minimum Gasteiger partial charge on any atom is -0.465 e. The lowest BCUT2D eigenvalue weighted by atomic mass is 9.69. The molecule has 0 N–H and O–H groups in total. The first-order valence-corrected chi connectivity index (χ1v) is 12.3. The number of carbonyl (C=O) groups excluding carboxylic acids is 1. The van der Waals surface area contributed by atoms with Crippen LogP contribution in [0, 0.1) is 0 Å². The Bertz CT molecular complexity index is 942. The molecule has 0 aromatic heterocycles. The summed E-state index contributed by atoms with van der Waals surface area (Å²) >= 11 is 0. The average molecular weight is 442 g/mol. The van der Waals surface area contributed by atoms with Gasteiger partial charge in [0.25, 0.3) is 0 Å². The van der Waals surface area contributed by atoms with E-state index in [2.05, 4.69) is 59.5 Å². The monoisotopic (exact) mass is 441 g/mol. The smallest absolute Gasteiger partial charge is 0.321 e. The Morgan fingerprint density at radius 1 is 0.848 bits per heavy atom. The number of benzene rings is 3. The molecule has 0 bridgehead atoms. The standard InChI is InChI=1S/C30H35NO2/c1-2-33-29(32)30(26-16-8-4-9-17-26,27-18-10-5-11-19-27)24-28(31-22-12-13-23-31)21-20-25-14-6-3-7-15-25/h3-11,14-19,28H,2,12-13,20-24H2,1H3. The fourth-order valence-corrected chi connectivity index (χ4v) is 5.27. The third-order valence-electron chi connectivity index (χ3n) is 6.96. The maximum absolute atomic E-state index is 13.8. The highest BCUT2D eigenvalue weighted by Gasteiger charge is 2.46. The molecule has 1 aliphatic rings. The Labute approximate surface area is 198 Å². The molecule has 0 aliphatic carbocycles. The Morgan fingerprint density at radius 3 is 1.88 bits per heavy atom. The fraction of sp³-hybridized carbons (Fsp3) is 0.367. The zero-order chi connectivity index (χ0) is 22.9. The van der Waals surface area contributed by atoms with Crippen molar-refractivity contribution in [3.63, 3.8) is 0 Å². The number of likely N-dealkylation sites (tertiary alicyclic amines) is 1. The summed E-state index contributed by atoms with van der Waals surface area (Å²) in [5.41, 5.74) is 2.54. The summed E-state index contributed by atoms with van der Waals surface area (Å²) in [6, 6.07) is 31.5. The van der Waals surface area contributed by atoms with E-state index in [1.807, 2.05) is 43.3 Å². The molecule has 3 heteroatoms. The lowest BCUT2D eigenvalue weighted by molar-refractivity contribution is -0.149. The number of carbonyl (C=O) groups is 1. The zero-order valence-electron chi connectivity index (χ0n) is 19.7. The Balaban J connectivity index is 1.75. The van der Waals surface area contributed by atoms with Gasteiger partial charge in [-0.2, -0.15) is 0 Å². The van der Waals surface area contributed by atoms with Gasteiger partial charge in [0.05, 0.1) is 6.61 Å². The summed E-state index contributed by atoms with van der Waals surface area (Å²) in [5, 5.41) is 0. The molecule has 172 valence electrons. The van der Waals surface area contributed by atoms with Crippen molar-refractivity contribution in [1.29, 1.82) is 0 Å². The summed E-state index contributed by atoms with van der Waals surface area (Å²) in [4.78, 5) is 16.4. The lowest BCUT2D eigenvalue weighted by Crippen LogP contribution is -2.46. The second-order valence-corrected chi connectivity index (χ2v) is 8.98. The zero-order valence-corrected chi connectivity index (χ0v) is 19.7. The van der Waals surface area contributed by atoms with Gasteiger partial charge in [-0.3, -0.25) is 4.79 Å². The normalized spacial score (nSPS) is 15.3. The van der Waals surface area contributed by atoms with Gasteiger partial charge in [0.1, 0.15) is 5.41 Å². The van der Waals surface area contributed by atoms with E-state index >= 15 is 0 Å². The molecule has 1 atom stereocenters. The van der Waals surface area contributed by atoms with Crippen molar-refractivity contribution >= 4 is 5.97 Å². The van der Waals surface area contributed by atoms with Crippen molar-refractivity contribution in [2.75, 3.05) is 19.7 Å². The lowest BCUT2D eigenvalue weighted by Gasteiger charge is -2.39. The van der Waals surface area contributed by atoms with Crippen molar-refractivity contribution < 1.29 is 9.53 Å². The van der Waals surface area contributed by atoms with Gasteiger partial charge < -0.3 is 9.64 Å². The number of hydrogen-bond donors (Lipinski definition) is 0. The van der Waals surface area contributed by atoms with Gasteiger partial charge in [-0.05, 0) is 68.8 Å². The summed E-state index contributed by atoms with van der Waals surface area (Å²) in [6.45, 7) is 4.47. The minimum absolute atomic E-state index is 0.147. The molecule has 0 spiro atoms. The van der Waals surface area contributed by atoms with Gasteiger partial charge in [0.2, 0.25) is 0 Å². The molecule has 1 fully saturated rings. The van der Waals surface area contributed by atoms with E-state index in [0.717, 1.165) is 37.1 Å². The molecule has 33 heavy (non-hydrogen) atoms. The van der Waals surface area contributed by atoms with E-state index in [1.54, 1.807) is 0 Å². The highest BCUT2D eigenvalue weighted by molar-refractivity contribution is 5.87. The van der Waals surface area contributed by atoms with Crippen LogP contribution in [0.1, 0.15) is 49.3 Å². The van der Waals surface area contributed by atoms with Crippen molar-refractivity contribution in [2.24, 2.45) is 0 Å². The number of nitrogens with zero attached hydrogens (tertiary/aromatic N) is 1. The molecule has 1 heterocycles. The van der Waals surface area contributed by atoms with Crippen molar-refractivity contribution in [3.8, 4) is 0 Å². The first kappa shape index (κ1) is 23.3. The molecule has 0 radical (unpaired) electrons. The molecule has 3 aromatic carbocycles. The molecule has 1 saturated heterocycles. The first-order valence-electron chi connectivity index (χ1n) is 12.3. The molecule has 3 nitrogen and oxygen atoms in total. The topological polar surface area (TPSA) is 29.5 Å². The summed E-state index contributed by atoms with van der Waals surface area (Å²) in [7, 11) is 0. The van der Waals surface area contributed by atoms with E-state index in [4.69, 9.17) is 4.74 Å². The van der Waals surface area contributed by atoms with Crippen molar-refractivity contribution in [1.82, 2.24) is 4.90 Å². The van der Waals surface area contributed by atoms with E-state index < -0.39 is 5.41 Å². The van der Waals surface area contributed by atoms with E-state index in [1.165, 1.54) is 18.4 Å². The SMILES string of the molecule is CCOC(=O)C(CC(CCc1ccccc1)N1CCCC1)(c1ccccc1)c1ccccc1. The van der Waals surface area contributed by atoms with Crippen LogP contribution in [0.5, 0.6) is 0 Å². The quantitative estimate of drug-likeness (QED) is 0.360. The number of aryl methyl sites for hydroxylation is 1. The van der Waals surface area contributed by atoms with Crippen LogP contribution in [-0.2, 0) is 21.4 Å². The maximum atomic E-state index is 13.8. The average Bonchev–Trinajstić information content (AvgIpc) is 3.41. The van der Waals surface area contributed by atoms with Crippen molar-refractivity contribution in [2.45, 2.75) is 50.5 Å². The number of esters is 1. The number of hydrogen-bond acceptors (Lipinski definition) is 3. The van der Waals surface area contributed by atoms with Gasteiger partial charge >= 0.3 is 5.97 Å². The van der Waals surface area contributed by atoms with E-state index in [-0.39, 0.29) is 12.0 Å². The number of rotatable bonds is 10. The Kier molecular flexibility index (Phi) is 7.96. The van der Waals surface area contributed by atoms with Crippen LogP contribution < -0.4 is 0 Å². The summed E-state index contributed by atoms with van der Waals surface area (Å²) in [5.74, 6) is -0.147. The minimum atomic E-state index is -0.831. The van der Waals surface area contributed by atoms with Crippen LogP contribution in [-0.4, -0.2) is 36.6 Å². The third-order valence-corrected chi connectivity index (χ3v) is 6.96. The van der Waals surface area contributed by atoms with E-state index in [0.29, 0.717) is 13.0 Å². The van der Waals surface area contributed by atoms with Crippen LogP contribution in [0.15, 0.2) is 91.0 Å². The predicted octanol–water partition coefficient (Wildman–Crippen LogP) is 6.02. The van der Waals surface area contributed by atoms with Crippen LogP contribution in [0.4, 0.5) is 0 Å². The summed E-state index contributed by atoms with van der Waals surface area (Å²) < 4.78 is 5.79. The molecule has 0 saturated carbocycles. The van der Waals surface area contributed by atoms with Gasteiger partial charge in [-0.1, -0.05) is 91.0 Å². The second kappa shape index (κ2) is 11.3. The predicted molar refractivity (Wildman–Crippen MR) is 134 cm³/mol. The number of ether oxygens (including phenoxy) is 1. The van der Waals surface area contributed by atoms with Gasteiger partial charge in [-0.15, -0.1) is 0 Å². The Morgan fingerprint density at radius 2 is 1.36 bits per heavy atom. The van der Waals surface area contributed by atoms with Crippen LogP contribution in [0.25, 0.3) is 0 Å². The largest absolute Gasteiger partial charge is 0.465 e.